The van der Waals surface area contributed by atoms with E-state index in [1.165, 1.54) is 0 Å². The average Bonchev–Trinajstić information content (AvgIpc) is 2.76. The highest BCUT2D eigenvalue weighted by Crippen LogP contribution is 2.30. The smallest absolute Gasteiger partial charge is 0.325 e. The summed E-state index contributed by atoms with van der Waals surface area (Å²) < 4.78 is 66.9. The normalized spacial score (nSPS) is 12.1. The largest absolute Gasteiger partial charge is 0.416 e. The highest BCUT2D eigenvalue weighted by molar-refractivity contribution is 7.89. The summed E-state index contributed by atoms with van der Waals surface area (Å²) in [6.07, 6.45) is -4.10. The highest BCUT2D eigenvalue weighted by Gasteiger charge is 2.31. The van der Waals surface area contributed by atoms with Gasteiger partial charge in [-0.25, -0.2) is 8.42 Å². The SMILES string of the molecule is Cc1cc(C)c(S(=O)(=O)N(CCc2ccccc2)CC(=O)Nc2ccc(C(F)(F)F)cc2)c(C)c1. The van der Waals surface area contributed by atoms with Gasteiger partial charge in [0, 0.05) is 12.2 Å². The molecule has 3 aromatic carbocycles. The van der Waals surface area contributed by atoms with E-state index in [4.69, 9.17) is 0 Å². The standard InChI is InChI=1S/C26H27F3N2O3S/c1-18-15-19(2)25(20(3)16-18)35(33,34)31(14-13-21-7-5-4-6-8-21)17-24(32)30-23-11-9-22(10-12-23)26(27,28)29/h4-12,15-16H,13-14,17H2,1-3H3,(H,30,32). The number of rotatable bonds is 8. The van der Waals surface area contributed by atoms with Crippen LogP contribution in [0.2, 0.25) is 0 Å². The summed E-state index contributed by atoms with van der Waals surface area (Å²) in [6, 6.07) is 16.8. The molecule has 0 aliphatic carbocycles. The van der Waals surface area contributed by atoms with Crippen LogP contribution in [0.3, 0.4) is 0 Å². The van der Waals surface area contributed by atoms with Gasteiger partial charge in [-0.15, -0.1) is 0 Å². The zero-order valence-electron chi connectivity index (χ0n) is 19.7. The number of carbonyl (C=O) groups is 1. The molecule has 3 rings (SSSR count). The molecule has 0 aromatic heterocycles. The first-order valence-electron chi connectivity index (χ1n) is 11.0. The summed E-state index contributed by atoms with van der Waals surface area (Å²) in [5.74, 6) is -0.649. The van der Waals surface area contributed by atoms with Crippen molar-refractivity contribution in [3.8, 4) is 0 Å². The van der Waals surface area contributed by atoms with E-state index in [-0.39, 0.29) is 17.1 Å². The summed E-state index contributed by atoms with van der Waals surface area (Å²) >= 11 is 0. The van der Waals surface area contributed by atoms with Gasteiger partial charge in [0.25, 0.3) is 0 Å². The molecule has 35 heavy (non-hydrogen) atoms. The second kappa shape index (κ2) is 10.6. The van der Waals surface area contributed by atoms with Crippen molar-refractivity contribution >= 4 is 21.6 Å². The molecule has 1 N–H and O–H groups in total. The van der Waals surface area contributed by atoms with Gasteiger partial charge in [0.15, 0.2) is 0 Å². The van der Waals surface area contributed by atoms with Crippen LogP contribution in [0.5, 0.6) is 0 Å². The highest BCUT2D eigenvalue weighted by atomic mass is 32.2. The molecule has 3 aromatic rings. The van der Waals surface area contributed by atoms with E-state index in [0.29, 0.717) is 17.5 Å². The van der Waals surface area contributed by atoms with Crippen LogP contribution >= 0.6 is 0 Å². The van der Waals surface area contributed by atoms with E-state index in [2.05, 4.69) is 5.32 Å². The summed E-state index contributed by atoms with van der Waals surface area (Å²) in [4.78, 5) is 12.9. The maximum absolute atomic E-state index is 13.7. The molecule has 0 unspecified atom stereocenters. The molecule has 0 aliphatic heterocycles. The quantitative estimate of drug-likeness (QED) is 0.440. The average molecular weight is 505 g/mol. The van der Waals surface area contributed by atoms with E-state index in [1.807, 2.05) is 37.3 Å². The monoisotopic (exact) mass is 504 g/mol. The van der Waals surface area contributed by atoms with E-state index in [9.17, 15) is 26.4 Å². The van der Waals surface area contributed by atoms with Crippen molar-refractivity contribution in [3.05, 3.63) is 94.5 Å². The maximum atomic E-state index is 13.7. The first-order valence-corrected chi connectivity index (χ1v) is 12.4. The second-order valence-corrected chi connectivity index (χ2v) is 10.3. The molecular formula is C26H27F3N2O3S. The number of hydrogen-bond acceptors (Lipinski definition) is 3. The van der Waals surface area contributed by atoms with E-state index in [0.717, 1.165) is 39.7 Å². The molecule has 0 fully saturated rings. The zero-order valence-corrected chi connectivity index (χ0v) is 20.5. The lowest BCUT2D eigenvalue weighted by Gasteiger charge is -2.24. The summed E-state index contributed by atoms with van der Waals surface area (Å²) in [6.45, 7) is 4.87. The van der Waals surface area contributed by atoms with Gasteiger partial charge in [0.1, 0.15) is 0 Å². The van der Waals surface area contributed by atoms with Crippen molar-refractivity contribution in [2.75, 3.05) is 18.4 Å². The summed E-state index contributed by atoms with van der Waals surface area (Å²) in [7, 11) is -4.04. The van der Waals surface area contributed by atoms with Crippen LogP contribution in [0.15, 0.2) is 71.6 Å². The minimum absolute atomic E-state index is 0.0551. The van der Waals surface area contributed by atoms with Gasteiger partial charge in [-0.2, -0.15) is 17.5 Å². The Morgan fingerprint density at radius 1 is 0.914 bits per heavy atom. The van der Waals surface area contributed by atoms with Gasteiger partial charge in [-0.05, 0) is 68.1 Å². The van der Waals surface area contributed by atoms with Gasteiger partial charge in [0.2, 0.25) is 15.9 Å². The minimum Gasteiger partial charge on any atom is -0.325 e. The molecule has 5 nitrogen and oxygen atoms in total. The van der Waals surface area contributed by atoms with Crippen molar-refractivity contribution in [1.29, 1.82) is 0 Å². The zero-order chi connectivity index (χ0) is 25.8. The lowest BCUT2D eigenvalue weighted by atomic mass is 10.1. The number of nitrogens with zero attached hydrogens (tertiary/aromatic N) is 1. The lowest BCUT2D eigenvalue weighted by Crippen LogP contribution is -2.39. The third-order valence-corrected chi connectivity index (χ3v) is 7.66. The number of aryl methyl sites for hydroxylation is 3. The number of carbonyl (C=O) groups excluding carboxylic acids is 1. The molecule has 0 atom stereocenters. The molecule has 0 radical (unpaired) electrons. The molecular weight excluding hydrogens is 477 g/mol. The second-order valence-electron chi connectivity index (χ2n) is 8.43. The van der Waals surface area contributed by atoms with Crippen LogP contribution in [0.4, 0.5) is 18.9 Å². The van der Waals surface area contributed by atoms with Crippen molar-refractivity contribution in [3.63, 3.8) is 0 Å². The molecule has 0 bridgehead atoms. The maximum Gasteiger partial charge on any atom is 0.416 e. The predicted molar refractivity (Wildman–Crippen MR) is 130 cm³/mol. The predicted octanol–water partition coefficient (Wildman–Crippen LogP) is 5.50. The van der Waals surface area contributed by atoms with E-state index in [1.54, 1.807) is 26.0 Å². The van der Waals surface area contributed by atoms with Crippen molar-refractivity contribution < 1.29 is 26.4 Å². The van der Waals surface area contributed by atoms with Crippen LogP contribution in [-0.2, 0) is 27.4 Å². The van der Waals surface area contributed by atoms with Crippen LogP contribution < -0.4 is 5.32 Å². The number of benzene rings is 3. The first kappa shape index (κ1) is 26.4. The van der Waals surface area contributed by atoms with Gasteiger partial charge in [-0.3, -0.25) is 4.79 Å². The van der Waals surface area contributed by atoms with Gasteiger partial charge >= 0.3 is 6.18 Å². The van der Waals surface area contributed by atoms with Crippen LogP contribution in [0.1, 0.15) is 27.8 Å². The van der Waals surface area contributed by atoms with Crippen LogP contribution in [-0.4, -0.2) is 31.7 Å². The van der Waals surface area contributed by atoms with Crippen molar-refractivity contribution in [1.82, 2.24) is 4.31 Å². The lowest BCUT2D eigenvalue weighted by molar-refractivity contribution is -0.137. The number of sulfonamides is 1. The molecule has 0 heterocycles. The van der Waals surface area contributed by atoms with E-state index >= 15 is 0 Å². The van der Waals surface area contributed by atoms with Crippen molar-refractivity contribution in [2.24, 2.45) is 0 Å². The fourth-order valence-electron chi connectivity index (χ4n) is 3.99. The summed E-state index contributed by atoms with van der Waals surface area (Å²) in [5, 5.41) is 2.50. The Bertz CT molecular complexity index is 1270. The number of hydrogen-bond donors (Lipinski definition) is 1. The Labute approximate surface area is 203 Å². The Kier molecular flexibility index (Phi) is 8.02. The number of amides is 1. The number of nitrogens with one attached hydrogen (secondary N) is 1. The topological polar surface area (TPSA) is 66.5 Å². The Morgan fingerprint density at radius 2 is 1.49 bits per heavy atom. The van der Waals surface area contributed by atoms with Gasteiger partial charge in [0.05, 0.1) is 17.0 Å². The number of anilines is 1. The molecule has 0 aliphatic rings. The molecule has 0 saturated carbocycles. The molecule has 0 saturated heterocycles. The fraction of sp³-hybridized carbons (Fsp3) is 0.269. The molecule has 186 valence electrons. The number of alkyl halides is 3. The molecule has 1 amide bonds. The minimum atomic E-state index is -4.49. The van der Waals surface area contributed by atoms with Crippen LogP contribution in [0, 0.1) is 20.8 Å². The fourth-order valence-corrected chi connectivity index (χ4v) is 5.80. The molecule has 9 heteroatoms. The first-order chi connectivity index (χ1) is 16.4. The Balaban J connectivity index is 1.86. The Hall–Kier alpha value is -3.17. The third kappa shape index (κ3) is 6.70. The van der Waals surface area contributed by atoms with Crippen LogP contribution in [0.25, 0.3) is 0 Å². The van der Waals surface area contributed by atoms with Gasteiger partial charge in [-0.1, -0.05) is 48.0 Å². The third-order valence-electron chi connectivity index (χ3n) is 5.51. The number of halogens is 3. The summed E-state index contributed by atoms with van der Waals surface area (Å²) in [5.41, 5.74) is 2.30. The van der Waals surface area contributed by atoms with Crippen molar-refractivity contribution in [2.45, 2.75) is 38.3 Å². The Morgan fingerprint density at radius 3 is 2.03 bits per heavy atom. The van der Waals surface area contributed by atoms with E-state index < -0.39 is 34.2 Å². The van der Waals surface area contributed by atoms with Gasteiger partial charge < -0.3 is 5.32 Å². The molecule has 0 spiro atoms.